The molecule has 0 saturated carbocycles. The number of hydrogen-bond donors (Lipinski definition) is 0. The van der Waals surface area contributed by atoms with Crippen molar-refractivity contribution in [3.05, 3.63) is 42.5 Å². The molecule has 0 aliphatic carbocycles. The van der Waals surface area contributed by atoms with Crippen LogP contribution in [0, 0.1) is 18.0 Å². The maximum absolute atomic E-state index is 14.1. The van der Waals surface area contributed by atoms with Crippen LogP contribution in [0.1, 0.15) is 47.4 Å². The minimum atomic E-state index is -0.899. The lowest BCUT2D eigenvalue weighted by Gasteiger charge is -2.57. The van der Waals surface area contributed by atoms with E-state index in [0.717, 1.165) is 0 Å². The number of amides is 2. The molecule has 0 N–H and O–H groups in total. The van der Waals surface area contributed by atoms with Crippen LogP contribution in [-0.2, 0) is 14.3 Å². The summed E-state index contributed by atoms with van der Waals surface area (Å²) in [6, 6.07) is 6.86. The molecule has 2 unspecified atom stereocenters. The van der Waals surface area contributed by atoms with Gasteiger partial charge in [0.2, 0.25) is 0 Å². The number of benzene rings is 2. The first-order chi connectivity index (χ1) is 20.1. The van der Waals surface area contributed by atoms with Crippen molar-refractivity contribution in [1.29, 1.82) is 0 Å². The van der Waals surface area contributed by atoms with Crippen molar-refractivity contribution in [3.8, 4) is 23.0 Å². The molecule has 6 rings (SSSR count). The average Bonchev–Trinajstić information content (AvgIpc) is 3.58. The van der Waals surface area contributed by atoms with E-state index in [9.17, 15) is 14.4 Å². The van der Waals surface area contributed by atoms with Crippen molar-refractivity contribution in [2.75, 3.05) is 40.4 Å². The van der Waals surface area contributed by atoms with Gasteiger partial charge >= 0.3 is 13.0 Å². The fourth-order valence-electron chi connectivity index (χ4n) is 6.34. The minimum absolute atomic E-state index is 0.125. The number of halogens is 2. The third kappa shape index (κ3) is 4.70. The Balaban J connectivity index is 1.30. The number of ketones is 1. The van der Waals surface area contributed by atoms with Crippen LogP contribution in [0.15, 0.2) is 24.3 Å². The molecule has 0 radical (unpaired) electrons. The third-order valence-corrected chi connectivity index (χ3v) is 10.5. The highest BCUT2D eigenvalue weighted by atomic mass is 127. The third-order valence-electron chi connectivity index (χ3n) is 8.67. The highest BCUT2D eigenvalue weighted by Crippen LogP contribution is 2.48. The number of fused-ring (bicyclic) bond motifs is 4. The van der Waals surface area contributed by atoms with Gasteiger partial charge in [-0.25, -0.2) is 0 Å². The second-order valence-electron chi connectivity index (χ2n) is 11.0. The molecule has 224 valence electrons. The van der Waals surface area contributed by atoms with Gasteiger partial charge in [0, 0.05) is 47.5 Å². The van der Waals surface area contributed by atoms with Gasteiger partial charge in [-0.3, -0.25) is 14.4 Å². The van der Waals surface area contributed by atoms with Crippen LogP contribution in [0.25, 0.3) is 0 Å². The Bertz CT molecular complexity index is 1360. The SMILES string of the molecule is CCC12CN(C(=O)c3cc4c(cc3I)OC(OC)O4)CC(CC)(CN(C(=O)c3cc4c(cc3I)OC(OC)O4)C1)C2=O. The number of carbonyl (C=O) groups excluding carboxylic acids is 3. The van der Waals surface area contributed by atoms with Gasteiger partial charge in [0.05, 0.1) is 22.0 Å². The maximum atomic E-state index is 14.1. The van der Waals surface area contributed by atoms with Gasteiger partial charge in [-0.1, -0.05) is 13.8 Å². The first-order valence-corrected chi connectivity index (χ1v) is 15.8. The van der Waals surface area contributed by atoms with E-state index in [1.54, 1.807) is 34.1 Å². The molecule has 0 aromatic heterocycles. The Morgan fingerprint density at radius 1 is 0.738 bits per heavy atom. The standard InChI is InChI=1S/C29H30I2N2O9/c1-5-28-11-32(23(34)15-7-19-21(9-17(15)30)41-26(37-3)39-19)13-29(6-2,25(28)36)14-33(12-28)24(35)16-8-20-22(10-18(16)31)42-27(38-4)40-20/h7-10,26-27H,5-6,11-14H2,1-4H3. The van der Waals surface area contributed by atoms with E-state index >= 15 is 0 Å². The summed E-state index contributed by atoms with van der Waals surface area (Å²) in [6.45, 7) is 3.03. The van der Waals surface area contributed by atoms with Gasteiger partial charge < -0.3 is 38.2 Å². The van der Waals surface area contributed by atoms with Crippen molar-refractivity contribution in [3.63, 3.8) is 0 Å². The number of piperidine rings is 2. The van der Waals surface area contributed by atoms with Crippen LogP contribution < -0.4 is 18.9 Å². The molecule has 2 fully saturated rings. The maximum Gasteiger partial charge on any atom is 0.360 e. The molecule has 2 bridgehead atoms. The van der Waals surface area contributed by atoms with Crippen LogP contribution in [0.4, 0.5) is 0 Å². The second-order valence-corrected chi connectivity index (χ2v) is 13.3. The van der Waals surface area contributed by atoms with E-state index in [1.807, 2.05) is 13.8 Å². The van der Waals surface area contributed by atoms with Gasteiger partial charge in [0.15, 0.2) is 28.8 Å². The van der Waals surface area contributed by atoms with Crippen molar-refractivity contribution in [2.24, 2.45) is 10.8 Å². The predicted octanol–water partition coefficient (Wildman–Crippen LogP) is 4.27. The Labute approximate surface area is 270 Å². The lowest BCUT2D eigenvalue weighted by atomic mass is 9.60. The molecule has 42 heavy (non-hydrogen) atoms. The highest BCUT2D eigenvalue weighted by molar-refractivity contribution is 14.1. The highest BCUT2D eigenvalue weighted by Gasteiger charge is 2.60. The molecule has 4 aliphatic heterocycles. The Kier molecular flexibility index (Phi) is 7.75. The first kappa shape index (κ1) is 29.7. The van der Waals surface area contributed by atoms with Crippen LogP contribution in [0.5, 0.6) is 23.0 Å². The number of nitrogens with zero attached hydrogens (tertiary/aromatic N) is 2. The van der Waals surface area contributed by atoms with E-state index in [0.29, 0.717) is 54.1 Å². The summed E-state index contributed by atoms with van der Waals surface area (Å²) < 4.78 is 34.2. The Hall–Kier alpha value is -2.37. The van der Waals surface area contributed by atoms with Crippen LogP contribution >= 0.6 is 45.2 Å². The number of methoxy groups -OCH3 is 2. The predicted molar refractivity (Wildman–Crippen MR) is 165 cm³/mol. The normalized spacial score (nSPS) is 27.4. The van der Waals surface area contributed by atoms with Crippen molar-refractivity contribution >= 4 is 62.8 Å². The summed E-state index contributed by atoms with van der Waals surface area (Å²) in [4.78, 5) is 45.7. The Morgan fingerprint density at radius 3 is 1.38 bits per heavy atom. The summed E-state index contributed by atoms with van der Waals surface area (Å²) in [6.07, 6.45) is 0.977. The van der Waals surface area contributed by atoms with Crippen LogP contribution in [-0.4, -0.2) is 80.7 Å². The van der Waals surface area contributed by atoms with E-state index in [2.05, 4.69) is 45.2 Å². The molecule has 13 heteroatoms. The van der Waals surface area contributed by atoms with Gasteiger partial charge in [-0.15, -0.1) is 0 Å². The van der Waals surface area contributed by atoms with Gasteiger partial charge in [-0.05, 0) is 82.3 Å². The number of carbonyl (C=O) groups is 3. The molecule has 2 aromatic rings. The first-order valence-electron chi connectivity index (χ1n) is 13.6. The number of ether oxygens (including phenoxy) is 6. The lowest BCUT2D eigenvalue weighted by molar-refractivity contribution is -0.158. The van der Waals surface area contributed by atoms with Crippen molar-refractivity contribution in [2.45, 2.75) is 39.6 Å². The molecule has 2 amide bonds. The molecular weight excluding hydrogens is 774 g/mol. The summed E-state index contributed by atoms with van der Waals surface area (Å²) in [5, 5.41) is 0. The van der Waals surface area contributed by atoms with Crippen LogP contribution in [0.2, 0.25) is 0 Å². The van der Waals surface area contributed by atoms with E-state index in [4.69, 9.17) is 28.4 Å². The number of Topliss-reactive ketones (excluding diaryl/α,β-unsaturated/α-hetero) is 1. The molecule has 4 aliphatic rings. The monoisotopic (exact) mass is 804 g/mol. The summed E-state index contributed by atoms with van der Waals surface area (Å²) in [5.74, 6) is 1.63. The Morgan fingerprint density at radius 2 is 1.07 bits per heavy atom. The molecule has 11 nitrogen and oxygen atoms in total. The van der Waals surface area contributed by atoms with E-state index in [-0.39, 0.29) is 43.8 Å². The molecule has 2 atom stereocenters. The molecular formula is C29H30I2N2O9. The van der Waals surface area contributed by atoms with E-state index < -0.39 is 23.8 Å². The molecule has 2 saturated heterocycles. The molecule has 4 heterocycles. The average molecular weight is 804 g/mol. The van der Waals surface area contributed by atoms with Gasteiger partial charge in [-0.2, -0.15) is 0 Å². The zero-order valence-corrected chi connectivity index (χ0v) is 27.8. The summed E-state index contributed by atoms with van der Waals surface area (Å²) in [7, 11) is 2.95. The number of rotatable bonds is 6. The number of hydrogen-bond acceptors (Lipinski definition) is 9. The topological polar surface area (TPSA) is 113 Å². The van der Waals surface area contributed by atoms with Crippen molar-refractivity contribution < 1.29 is 42.8 Å². The lowest BCUT2D eigenvalue weighted by Crippen LogP contribution is -2.71. The minimum Gasteiger partial charge on any atom is -0.428 e. The zero-order chi connectivity index (χ0) is 30.0. The van der Waals surface area contributed by atoms with Gasteiger partial charge in [0.25, 0.3) is 11.8 Å². The fraction of sp³-hybridized carbons (Fsp3) is 0.483. The largest absolute Gasteiger partial charge is 0.428 e. The summed E-state index contributed by atoms with van der Waals surface area (Å²) >= 11 is 4.23. The van der Waals surface area contributed by atoms with Crippen molar-refractivity contribution in [1.82, 2.24) is 9.80 Å². The second kappa shape index (κ2) is 11.0. The quantitative estimate of drug-likeness (QED) is 0.396. The zero-order valence-electron chi connectivity index (χ0n) is 23.5. The fourth-order valence-corrected chi connectivity index (χ4v) is 7.68. The van der Waals surface area contributed by atoms with E-state index in [1.165, 1.54) is 14.2 Å². The van der Waals surface area contributed by atoms with Crippen LogP contribution in [0.3, 0.4) is 0 Å². The number of likely N-dealkylation sites (tertiary alicyclic amines) is 2. The molecule has 2 aromatic carbocycles. The summed E-state index contributed by atoms with van der Waals surface area (Å²) in [5.41, 5.74) is -0.860. The van der Waals surface area contributed by atoms with Gasteiger partial charge in [0.1, 0.15) is 0 Å². The smallest absolute Gasteiger partial charge is 0.360 e. The molecule has 0 spiro atoms.